The quantitative estimate of drug-likeness (QED) is 0.788. The summed E-state index contributed by atoms with van der Waals surface area (Å²) in [7, 11) is 0. The number of piperidine rings is 1. The predicted molar refractivity (Wildman–Crippen MR) is 71.0 cm³/mol. The highest BCUT2D eigenvalue weighted by Gasteiger charge is 2.50. The normalized spacial score (nSPS) is 34.9. The van der Waals surface area contributed by atoms with Gasteiger partial charge < -0.3 is 10.6 Å². The van der Waals surface area contributed by atoms with Gasteiger partial charge >= 0.3 is 0 Å². The van der Waals surface area contributed by atoms with Crippen LogP contribution >= 0.6 is 0 Å². The summed E-state index contributed by atoms with van der Waals surface area (Å²) in [5.74, 6) is 0. The molecule has 98 valence electrons. The molecule has 1 aliphatic carbocycles. The van der Waals surface area contributed by atoms with E-state index in [0.717, 1.165) is 6.04 Å². The minimum atomic E-state index is 0.333. The molecule has 0 radical (unpaired) electrons. The average Bonchev–Trinajstić information content (AvgIpc) is 3.09. The zero-order valence-electron chi connectivity index (χ0n) is 11.4. The Hall–Kier alpha value is -0.120. The Morgan fingerprint density at radius 3 is 2.24 bits per heavy atom. The maximum Gasteiger partial charge on any atom is 0.0387 e. The van der Waals surface area contributed by atoms with E-state index in [2.05, 4.69) is 23.6 Å². The summed E-state index contributed by atoms with van der Waals surface area (Å²) in [4.78, 5) is 5.40. The number of nitrogens with zero attached hydrogens (tertiary/aromatic N) is 2. The van der Waals surface area contributed by atoms with Crippen molar-refractivity contribution in [2.45, 2.75) is 69.6 Å². The van der Waals surface area contributed by atoms with Crippen molar-refractivity contribution in [3.05, 3.63) is 0 Å². The van der Waals surface area contributed by atoms with Crippen LogP contribution in [0.25, 0.3) is 0 Å². The van der Waals surface area contributed by atoms with Gasteiger partial charge in [-0.25, -0.2) is 0 Å². The van der Waals surface area contributed by atoms with Crippen LogP contribution in [0.4, 0.5) is 0 Å². The molecule has 0 aromatic rings. The van der Waals surface area contributed by atoms with Crippen LogP contribution in [-0.2, 0) is 0 Å². The molecular formula is C14H27N3. The Morgan fingerprint density at radius 1 is 1.06 bits per heavy atom. The van der Waals surface area contributed by atoms with Crippen molar-refractivity contribution in [2.24, 2.45) is 5.73 Å². The third kappa shape index (κ3) is 1.92. The van der Waals surface area contributed by atoms with Crippen molar-refractivity contribution < 1.29 is 0 Å². The van der Waals surface area contributed by atoms with Crippen LogP contribution in [0.3, 0.4) is 0 Å². The van der Waals surface area contributed by atoms with Gasteiger partial charge in [-0.1, -0.05) is 0 Å². The van der Waals surface area contributed by atoms with Crippen LogP contribution in [0.5, 0.6) is 0 Å². The molecule has 2 saturated heterocycles. The first-order valence-electron chi connectivity index (χ1n) is 7.40. The van der Waals surface area contributed by atoms with Crippen LogP contribution < -0.4 is 5.73 Å². The second-order valence-electron chi connectivity index (χ2n) is 6.55. The summed E-state index contributed by atoms with van der Waals surface area (Å²) >= 11 is 0. The molecule has 1 spiro atoms. The molecule has 0 aromatic carbocycles. The van der Waals surface area contributed by atoms with E-state index in [1.54, 1.807) is 0 Å². The van der Waals surface area contributed by atoms with Gasteiger partial charge in [0.25, 0.3) is 0 Å². The van der Waals surface area contributed by atoms with E-state index in [9.17, 15) is 0 Å². The molecule has 0 bridgehead atoms. The van der Waals surface area contributed by atoms with Crippen LogP contribution in [0.1, 0.15) is 46.0 Å². The van der Waals surface area contributed by atoms with Crippen LogP contribution in [-0.4, -0.2) is 53.1 Å². The molecule has 3 aliphatic rings. The minimum Gasteiger partial charge on any atom is -0.326 e. The molecule has 17 heavy (non-hydrogen) atoms. The first-order chi connectivity index (χ1) is 8.13. The van der Waals surface area contributed by atoms with Gasteiger partial charge in [0, 0.05) is 43.3 Å². The molecule has 3 fully saturated rings. The zero-order chi connectivity index (χ0) is 12.0. The van der Waals surface area contributed by atoms with E-state index in [0.29, 0.717) is 17.6 Å². The molecule has 0 amide bonds. The van der Waals surface area contributed by atoms with Gasteiger partial charge in [-0.15, -0.1) is 0 Å². The van der Waals surface area contributed by atoms with E-state index in [1.165, 1.54) is 51.7 Å². The zero-order valence-corrected chi connectivity index (χ0v) is 11.4. The molecule has 2 N–H and O–H groups in total. The largest absolute Gasteiger partial charge is 0.326 e. The molecule has 3 nitrogen and oxygen atoms in total. The molecule has 1 unspecified atom stereocenters. The third-order valence-corrected chi connectivity index (χ3v) is 5.29. The van der Waals surface area contributed by atoms with Crippen LogP contribution in [0.2, 0.25) is 0 Å². The topological polar surface area (TPSA) is 32.5 Å². The monoisotopic (exact) mass is 237 g/mol. The average molecular weight is 237 g/mol. The fourth-order valence-electron chi connectivity index (χ4n) is 4.13. The van der Waals surface area contributed by atoms with Gasteiger partial charge in [0.2, 0.25) is 0 Å². The maximum absolute atomic E-state index is 6.45. The molecule has 1 atom stereocenters. The predicted octanol–water partition coefficient (Wildman–Crippen LogP) is 1.42. The lowest BCUT2D eigenvalue weighted by molar-refractivity contribution is 0.0222. The van der Waals surface area contributed by atoms with Crippen molar-refractivity contribution in [3.63, 3.8) is 0 Å². The lowest BCUT2D eigenvalue weighted by Crippen LogP contribution is -2.61. The Bertz CT molecular complexity index is 277. The summed E-state index contributed by atoms with van der Waals surface area (Å²) in [5, 5.41) is 0. The lowest BCUT2D eigenvalue weighted by Gasteiger charge is -2.49. The van der Waals surface area contributed by atoms with E-state index in [1.807, 2.05) is 0 Å². The van der Waals surface area contributed by atoms with Gasteiger partial charge in [0.1, 0.15) is 0 Å². The Labute approximate surface area is 105 Å². The van der Waals surface area contributed by atoms with Crippen molar-refractivity contribution >= 4 is 0 Å². The van der Waals surface area contributed by atoms with Crippen molar-refractivity contribution in [1.29, 1.82) is 0 Å². The molecule has 2 aliphatic heterocycles. The van der Waals surface area contributed by atoms with Gasteiger partial charge in [0.15, 0.2) is 0 Å². The number of hydrogen-bond acceptors (Lipinski definition) is 3. The highest BCUT2D eigenvalue weighted by atomic mass is 15.3. The van der Waals surface area contributed by atoms with Crippen molar-refractivity contribution in [1.82, 2.24) is 9.80 Å². The first-order valence-corrected chi connectivity index (χ1v) is 7.40. The third-order valence-electron chi connectivity index (χ3n) is 5.29. The van der Waals surface area contributed by atoms with Gasteiger partial charge in [0.05, 0.1) is 0 Å². The summed E-state index contributed by atoms with van der Waals surface area (Å²) in [6, 6.07) is 1.99. The fraction of sp³-hybridized carbons (Fsp3) is 1.00. The fourth-order valence-corrected chi connectivity index (χ4v) is 4.13. The summed E-state index contributed by atoms with van der Waals surface area (Å²) in [6.07, 6.45) is 6.66. The highest BCUT2D eigenvalue weighted by molar-refractivity contribution is 5.08. The van der Waals surface area contributed by atoms with E-state index < -0.39 is 0 Å². The SMILES string of the molecule is CC(C)N1CCC(N)C12CCN(C1CC1)CC2. The van der Waals surface area contributed by atoms with E-state index in [4.69, 9.17) is 5.73 Å². The van der Waals surface area contributed by atoms with Crippen LogP contribution in [0, 0.1) is 0 Å². The standard InChI is InChI=1S/C14H27N3/c1-11(2)17-8-5-13(15)14(17)6-9-16(10-7-14)12-3-4-12/h11-13H,3-10,15H2,1-2H3. The molecule has 2 heterocycles. The van der Waals surface area contributed by atoms with Crippen molar-refractivity contribution in [3.8, 4) is 0 Å². The Kier molecular flexibility index (Phi) is 2.96. The second-order valence-corrected chi connectivity index (χ2v) is 6.55. The Balaban J connectivity index is 1.71. The smallest absolute Gasteiger partial charge is 0.0387 e. The maximum atomic E-state index is 6.45. The summed E-state index contributed by atoms with van der Waals surface area (Å²) in [5.41, 5.74) is 6.78. The first kappa shape index (κ1) is 11.9. The van der Waals surface area contributed by atoms with Gasteiger partial charge in [-0.3, -0.25) is 4.90 Å². The highest BCUT2D eigenvalue weighted by Crippen LogP contribution is 2.41. The number of likely N-dealkylation sites (tertiary alicyclic amines) is 2. The molecule has 3 rings (SSSR count). The van der Waals surface area contributed by atoms with E-state index >= 15 is 0 Å². The molecule has 1 saturated carbocycles. The summed E-state index contributed by atoms with van der Waals surface area (Å²) < 4.78 is 0. The van der Waals surface area contributed by atoms with Gasteiger partial charge in [-0.2, -0.15) is 0 Å². The molecular weight excluding hydrogens is 210 g/mol. The number of nitrogens with two attached hydrogens (primary N) is 1. The Morgan fingerprint density at radius 2 is 1.71 bits per heavy atom. The molecule has 0 aromatic heterocycles. The number of rotatable bonds is 2. The lowest BCUT2D eigenvalue weighted by atomic mass is 9.81. The minimum absolute atomic E-state index is 0.333. The van der Waals surface area contributed by atoms with Crippen LogP contribution in [0.15, 0.2) is 0 Å². The summed E-state index contributed by atoms with van der Waals surface area (Å²) in [6.45, 7) is 8.42. The second kappa shape index (κ2) is 4.22. The number of hydrogen-bond donors (Lipinski definition) is 1. The van der Waals surface area contributed by atoms with E-state index in [-0.39, 0.29) is 0 Å². The van der Waals surface area contributed by atoms with Crippen molar-refractivity contribution in [2.75, 3.05) is 19.6 Å². The molecule has 3 heteroatoms. The van der Waals surface area contributed by atoms with Gasteiger partial charge in [-0.05, 0) is 46.0 Å².